The molecule has 0 aliphatic carbocycles. The second kappa shape index (κ2) is 9.17. The van der Waals surface area contributed by atoms with Crippen LogP contribution in [0.1, 0.15) is 21.7 Å². The summed E-state index contributed by atoms with van der Waals surface area (Å²) in [6, 6.07) is 3.17. The van der Waals surface area contributed by atoms with E-state index in [9.17, 15) is 9.59 Å². The van der Waals surface area contributed by atoms with E-state index in [-0.39, 0.29) is 29.3 Å². The zero-order valence-electron chi connectivity index (χ0n) is 19.6. The SMILES string of the molecule is CN(C)C(=O)Nc1cncc(-c2cnc(N)c(C(=N)c3nc4c(C(=O)N(C)C)cncc4[nH]3)c2)c1. The maximum atomic E-state index is 12.5. The Morgan fingerprint density at radius 1 is 0.943 bits per heavy atom. The van der Waals surface area contributed by atoms with Gasteiger partial charge in [-0.3, -0.25) is 20.2 Å². The van der Waals surface area contributed by atoms with Gasteiger partial charge in [0, 0.05) is 63.5 Å². The third-order valence-electron chi connectivity index (χ3n) is 5.18. The summed E-state index contributed by atoms with van der Waals surface area (Å²) < 4.78 is 0. The number of carbonyl (C=O) groups is 2. The normalized spacial score (nSPS) is 10.7. The molecular formula is C23H24N10O2. The van der Waals surface area contributed by atoms with E-state index in [0.717, 1.165) is 0 Å². The number of urea groups is 1. The molecule has 0 saturated heterocycles. The van der Waals surface area contributed by atoms with Crippen molar-refractivity contribution in [2.24, 2.45) is 0 Å². The minimum absolute atomic E-state index is 0.00123. The molecule has 5 N–H and O–H groups in total. The van der Waals surface area contributed by atoms with Gasteiger partial charge in [-0.1, -0.05) is 0 Å². The molecule has 0 saturated carbocycles. The molecule has 0 atom stereocenters. The summed E-state index contributed by atoms with van der Waals surface area (Å²) >= 11 is 0. The maximum absolute atomic E-state index is 12.5. The molecule has 0 radical (unpaired) electrons. The number of rotatable bonds is 5. The van der Waals surface area contributed by atoms with Crippen LogP contribution in [-0.2, 0) is 0 Å². The van der Waals surface area contributed by atoms with Crippen molar-refractivity contribution in [3.63, 3.8) is 0 Å². The van der Waals surface area contributed by atoms with Crippen LogP contribution >= 0.6 is 0 Å². The van der Waals surface area contributed by atoms with Crippen molar-refractivity contribution in [3.8, 4) is 11.1 Å². The van der Waals surface area contributed by atoms with Crippen LogP contribution in [0.4, 0.5) is 16.3 Å². The lowest BCUT2D eigenvalue weighted by molar-refractivity contribution is 0.0829. The number of fused-ring (bicyclic) bond motifs is 1. The van der Waals surface area contributed by atoms with Gasteiger partial charge in [-0.05, 0) is 12.1 Å². The van der Waals surface area contributed by atoms with Crippen LogP contribution < -0.4 is 11.1 Å². The summed E-state index contributed by atoms with van der Waals surface area (Å²) in [5.74, 6) is 0.119. The minimum Gasteiger partial charge on any atom is -0.383 e. The van der Waals surface area contributed by atoms with Crippen molar-refractivity contribution in [1.29, 1.82) is 5.41 Å². The number of imidazole rings is 1. The maximum Gasteiger partial charge on any atom is 0.321 e. The van der Waals surface area contributed by atoms with E-state index in [2.05, 4.69) is 30.2 Å². The molecule has 4 aromatic heterocycles. The van der Waals surface area contributed by atoms with Gasteiger partial charge in [0.2, 0.25) is 0 Å². The number of aromatic nitrogens is 5. The molecule has 4 heterocycles. The average molecular weight is 473 g/mol. The van der Waals surface area contributed by atoms with Crippen molar-refractivity contribution < 1.29 is 9.59 Å². The molecule has 0 aliphatic rings. The summed E-state index contributed by atoms with van der Waals surface area (Å²) in [6.45, 7) is 0. The number of aromatic amines is 1. The number of carbonyl (C=O) groups excluding carboxylic acids is 2. The first-order valence-corrected chi connectivity index (χ1v) is 10.5. The van der Waals surface area contributed by atoms with Gasteiger partial charge in [0.15, 0.2) is 5.82 Å². The molecule has 0 fully saturated rings. The van der Waals surface area contributed by atoms with Crippen LogP contribution in [0, 0.1) is 5.41 Å². The third-order valence-corrected chi connectivity index (χ3v) is 5.18. The Kier molecular flexibility index (Phi) is 6.10. The number of hydrogen-bond donors (Lipinski definition) is 4. The monoisotopic (exact) mass is 472 g/mol. The summed E-state index contributed by atoms with van der Waals surface area (Å²) in [7, 11) is 6.57. The predicted octanol–water partition coefficient (Wildman–Crippen LogP) is 2.21. The van der Waals surface area contributed by atoms with E-state index in [4.69, 9.17) is 11.1 Å². The fraction of sp³-hybridized carbons (Fsp3) is 0.174. The molecule has 35 heavy (non-hydrogen) atoms. The van der Waals surface area contributed by atoms with Gasteiger partial charge >= 0.3 is 6.03 Å². The van der Waals surface area contributed by atoms with E-state index in [0.29, 0.717) is 39.0 Å². The summed E-state index contributed by atoms with van der Waals surface area (Å²) in [5.41, 5.74) is 9.54. The topological polar surface area (TPSA) is 170 Å². The van der Waals surface area contributed by atoms with Gasteiger partial charge < -0.3 is 25.8 Å². The van der Waals surface area contributed by atoms with Gasteiger partial charge in [0.1, 0.15) is 17.0 Å². The Balaban J connectivity index is 1.70. The lowest BCUT2D eigenvalue weighted by Gasteiger charge is -2.13. The minimum atomic E-state index is -0.284. The number of nitrogen functional groups attached to an aromatic ring is 1. The highest BCUT2D eigenvalue weighted by molar-refractivity contribution is 6.14. The second-order valence-corrected chi connectivity index (χ2v) is 8.19. The second-order valence-electron chi connectivity index (χ2n) is 8.19. The summed E-state index contributed by atoms with van der Waals surface area (Å²) in [4.78, 5) is 47.4. The molecule has 4 rings (SSSR count). The Morgan fingerprint density at radius 3 is 2.37 bits per heavy atom. The zero-order valence-corrected chi connectivity index (χ0v) is 19.6. The van der Waals surface area contributed by atoms with Crippen LogP contribution in [0.2, 0.25) is 0 Å². The molecule has 12 nitrogen and oxygen atoms in total. The van der Waals surface area contributed by atoms with Crippen molar-refractivity contribution in [3.05, 3.63) is 60.1 Å². The number of nitrogens with two attached hydrogens (primary N) is 1. The molecule has 178 valence electrons. The number of anilines is 2. The van der Waals surface area contributed by atoms with Gasteiger partial charge in [-0.2, -0.15) is 0 Å². The van der Waals surface area contributed by atoms with E-state index in [1.807, 2.05) is 0 Å². The Labute approximate surface area is 200 Å². The predicted molar refractivity (Wildman–Crippen MR) is 132 cm³/mol. The molecule has 0 bridgehead atoms. The fourth-order valence-corrected chi connectivity index (χ4v) is 3.31. The van der Waals surface area contributed by atoms with Crippen molar-refractivity contribution in [2.75, 3.05) is 39.2 Å². The van der Waals surface area contributed by atoms with Crippen molar-refractivity contribution >= 4 is 40.2 Å². The van der Waals surface area contributed by atoms with Crippen LogP contribution in [0.5, 0.6) is 0 Å². The standard InChI is InChI=1S/C23H24N10O2/c1-32(2)22(34)16-10-27-11-17-19(16)31-21(30-17)18(24)15-6-13(8-28-20(15)25)12-5-14(9-26-7-12)29-23(35)33(3)4/h5-11,24H,1-4H3,(H2,25,28)(H,29,35)(H,30,31). The first kappa shape index (κ1) is 23.3. The number of amides is 3. The van der Waals surface area contributed by atoms with Gasteiger partial charge in [0.05, 0.1) is 29.2 Å². The first-order valence-electron chi connectivity index (χ1n) is 10.5. The Morgan fingerprint density at radius 2 is 1.66 bits per heavy atom. The molecule has 0 unspecified atom stereocenters. The molecular weight excluding hydrogens is 448 g/mol. The van der Waals surface area contributed by atoms with E-state index in [1.165, 1.54) is 22.2 Å². The number of H-pyrrole nitrogens is 1. The third kappa shape index (κ3) is 4.62. The number of nitrogens with zero attached hydrogens (tertiary/aromatic N) is 6. The van der Waals surface area contributed by atoms with Crippen molar-refractivity contribution in [2.45, 2.75) is 0 Å². The first-order chi connectivity index (χ1) is 16.7. The number of hydrogen-bond acceptors (Lipinski definition) is 8. The molecule has 0 aliphatic heterocycles. The highest BCUT2D eigenvalue weighted by atomic mass is 16.2. The smallest absolute Gasteiger partial charge is 0.321 e. The van der Waals surface area contributed by atoms with Gasteiger partial charge in [0.25, 0.3) is 5.91 Å². The highest BCUT2D eigenvalue weighted by Gasteiger charge is 2.20. The van der Waals surface area contributed by atoms with E-state index >= 15 is 0 Å². The van der Waals surface area contributed by atoms with Crippen LogP contribution in [0.3, 0.4) is 0 Å². The van der Waals surface area contributed by atoms with Gasteiger partial charge in [-0.15, -0.1) is 0 Å². The number of nitrogens with one attached hydrogen (secondary N) is 3. The average Bonchev–Trinajstić information content (AvgIpc) is 3.28. The van der Waals surface area contributed by atoms with E-state index in [1.54, 1.807) is 58.9 Å². The molecule has 0 aromatic carbocycles. The van der Waals surface area contributed by atoms with Crippen LogP contribution in [-0.4, -0.2) is 80.6 Å². The zero-order chi connectivity index (χ0) is 25.3. The lowest BCUT2D eigenvalue weighted by Crippen LogP contribution is -2.27. The van der Waals surface area contributed by atoms with Crippen molar-refractivity contribution in [1.82, 2.24) is 34.7 Å². The van der Waals surface area contributed by atoms with E-state index < -0.39 is 0 Å². The largest absolute Gasteiger partial charge is 0.383 e. The van der Waals surface area contributed by atoms with Crippen LogP contribution in [0.15, 0.2) is 43.1 Å². The highest BCUT2D eigenvalue weighted by Crippen LogP contribution is 2.26. The molecule has 0 spiro atoms. The lowest BCUT2D eigenvalue weighted by atomic mass is 10.0. The fourth-order valence-electron chi connectivity index (χ4n) is 3.31. The quantitative estimate of drug-likeness (QED) is 0.323. The van der Waals surface area contributed by atoms with Gasteiger partial charge in [-0.25, -0.2) is 14.8 Å². The molecule has 3 amide bonds. The Hall–Kier alpha value is -4.87. The Bertz CT molecular complexity index is 1460. The molecule has 4 aromatic rings. The molecule has 12 heteroatoms. The van der Waals surface area contributed by atoms with Crippen LogP contribution in [0.25, 0.3) is 22.2 Å². The summed E-state index contributed by atoms with van der Waals surface area (Å²) in [6.07, 6.45) is 7.72. The number of pyridine rings is 3. The summed E-state index contributed by atoms with van der Waals surface area (Å²) in [5, 5.41) is 11.5.